The number of hydrogen-bond acceptors (Lipinski definition) is 2. The van der Waals surface area contributed by atoms with Gasteiger partial charge >= 0.3 is 0 Å². The second-order valence-corrected chi connectivity index (χ2v) is 22.9. The van der Waals surface area contributed by atoms with Crippen molar-refractivity contribution in [3.63, 3.8) is 0 Å². The molecular formula is C66H60N2. The molecule has 68 heavy (non-hydrogen) atoms. The molecule has 0 radical (unpaired) electrons. The Morgan fingerprint density at radius 2 is 0.559 bits per heavy atom. The zero-order valence-corrected chi connectivity index (χ0v) is 41.8. The predicted molar refractivity (Wildman–Crippen MR) is 289 cm³/mol. The van der Waals surface area contributed by atoms with Crippen molar-refractivity contribution in [3.05, 3.63) is 212 Å². The lowest BCUT2D eigenvalue weighted by Crippen LogP contribution is -2.25. The molecule has 0 amide bonds. The summed E-state index contributed by atoms with van der Waals surface area (Å²) >= 11 is 0. The number of anilines is 6. The van der Waals surface area contributed by atoms with E-state index in [0.29, 0.717) is 0 Å². The minimum atomic E-state index is -0.192. The summed E-state index contributed by atoms with van der Waals surface area (Å²) < 4.78 is 0. The lowest BCUT2D eigenvalue weighted by atomic mass is 9.68. The Kier molecular flexibility index (Phi) is 8.15. The van der Waals surface area contributed by atoms with Crippen LogP contribution in [0.1, 0.15) is 122 Å². The molecule has 2 heteroatoms. The van der Waals surface area contributed by atoms with Crippen LogP contribution in [0.5, 0.6) is 0 Å². The van der Waals surface area contributed by atoms with Crippen LogP contribution in [0.2, 0.25) is 0 Å². The standard InChI is InChI=1S/C66H60N2/c1-37-19-23-41(24-20-37)67(45-33-53-59-55(35-45)65(9,10)51-31-39(3)47-15-13-17-49(63(53,5)6)57(47)61(51)59)43-27-29-44(30-28-43)68(42-25-21-38(2)22-26-42)46-34-54-60-56(36-46)66(11,12)52-32-40(4)48-16-14-18-50(64(54,7)8)58(48)62(52)60/h13-36H,1-12H3. The molecule has 2 nitrogen and oxygen atoms in total. The van der Waals surface area contributed by atoms with Crippen molar-refractivity contribution in [3.8, 4) is 22.3 Å². The first kappa shape index (κ1) is 41.3. The number of rotatable bonds is 6. The van der Waals surface area contributed by atoms with Gasteiger partial charge in [0, 0.05) is 55.8 Å². The second kappa shape index (κ2) is 13.4. The Morgan fingerprint density at radius 1 is 0.279 bits per heavy atom. The molecule has 0 aliphatic heterocycles. The van der Waals surface area contributed by atoms with Gasteiger partial charge in [-0.25, -0.2) is 0 Å². The first-order valence-electron chi connectivity index (χ1n) is 24.8. The van der Waals surface area contributed by atoms with Gasteiger partial charge in [-0.05, 0) is 200 Å². The van der Waals surface area contributed by atoms with E-state index in [1.807, 2.05) is 0 Å². The van der Waals surface area contributed by atoms with E-state index < -0.39 is 0 Å². The van der Waals surface area contributed by atoms with Gasteiger partial charge in [-0.15, -0.1) is 0 Å². The van der Waals surface area contributed by atoms with Crippen molar-refractivity contribution in [1.29, 1.82) is 0 Å². The third-order valence-electron chi connectivity index (χ3n) is 17.3. The maximum Gasteiger partial charge on any atom is 0.0468 e. The highest BCUT2D eigenvalue weighted by atomic mass is 15.2. The third-order valence-corrected chi connectivity index (χ3v) is 17.3. The Hall–Kier alpha value is -6.90. The molecule has 0 unspecified atom stereocenters. The summed E-state index contributed by atoms with van der Waals surface area (Å²) in [5.41, 5.74) is 28.7. The van der Waals surface area contributed by atoms with Gasteiger partial charge in [0.25, 0.3) is 0 Å². The fourth-order valence-corrected chi connectivity index (χ4v) is 13.5. The highest BCUT2D eigenvalue weighted by Crippen LogP contribution is 2.63. The molecule has 0 atom stereocenters. The molecule has 0 heterocycles. The quantitative estimate of drug-likeness (QED) is 0.164. The van der Waals surface area contributed by atoms with Crippen LogP contribution in [0.3, 0.4) is 0 Å². The van der Waals surface area contributed by atoms with Crippen LogP contribution in [0.15, 0.2) is 146 Å². The summed E-state index contributed by atoms with van der Waals surface area (Å²) in [7, 11) is 0. The van der Waals surface area contributed by atoms with E-state index in [2.05, 4.69) is 238 Å². The van der Waals surface area contributed by atoms with Crippen molar-refractivity contribution in [2.45, 2.75) is 105 Å². The minimum absolute atomic E-state index is 0.161. The van der Waals surface area contributed by atoms with Crippen molar-refractivity contribution >= 4 is 55.7 Å². The smallest absolute Gasteiger partial charge is 0.0468 e. The van der Waals surface area contributed by atoms with E-state index in [4.69, 9.17) is 0 Å². The monoisotopic (exact) mass is 880 g/mol. The van der Waals surface area contributed by atoms with Crippen LogP contribution < -0.4 is 9.80 Å². The van der Waals surface area contributed by atoms with Gasteiger partial charge in [0.2, 0.25) is 0 Å². The fraction of sp³-hybridized carbons (Fsp3) is 0.242. The van der Waals surface area contributed by atoms with Gasteiger partial charge in [0.15, 0.2) is 0 Å². The molecule has 9 aromatic rings. The lowest BCUT2D eigenvalue weighted by molar-refractivity contribution is 0.639. The number of nitrogens with zero attached hydrogens (tertiary/aromatic N) is 2. The minimum Gasteiger partial charge on any atom is -0.310 e. The molecule has 0 saturated heterocycles. The van der Waals surface area contributed by atoms with E-state index in [9.17, 15) is 0 Å². The second-order valence-electron chi connectivity index (χ2n) is 22.9. The maximum atomic E-state index is 2.52. The van der Waals surface area contributed by atoms with Crippen LogP contribution in [0.25, 0.3) is 43.8 Å². The molecule has 13 rings (SSSR count). The summed E-state index contributed by atoms with van der Waals surface area (Å²) in [6.45, 7) is 28.5. The van der Waals surface area contributed by atoms with Gasteiger partial charge in [-0.1, -0.05) is 139 Å². The Balaban J connectivity index is 0.996. The molecular weight excluding hydrogens is 821 g/mol. The molecule has 0 saturated carbocycles. The average molecular weight is 881 g/mol. The van der Waals surface area contributed by atoms with Crippen LogP contribution in [-0.4, -0.2) is 0 Å². The number of benzene rings is 9. The first-order valence-corrected chi connectivity index (χ1v) is 24.8. The summed E-state index contributed by atoms with van der Waals surface area (Å²) in [6, 6.07) is 56.5. The molecule has 334 valence electrons. The van der Waals surface area contributed by atoms with E-state index in [1.165, 1.54) is 122 Å². The van der Waals surface area contributed by atoms with Gasteiger partial charge in [0.1, 0.15) is 0 Å². The van der Waals surface area contributed by atoms with E-state index in [-0.39, 0.29) is 21.7 Å². The van der Waals surface area contributed by atoms with Crippen LogP contribution in [0.4, 0.5) is 34.1 Å². The largest absolute Gasteiger partial charge is 0.310 e. The molecule has 0 spiro atoms. The van der Waals surface area contributed by atoms with Crippen molar-refractivity contribution in [2.24, 2.45) is 0 Å². The normalized spacial score (nSPS) is 16.4. The Labute approximate surface area is 402 Å². The Morgan fingerprint density at radius 3 is 0.882 bits per heavy atom. The van der Waals surface area contributed by atoms with Gasteiger partial charge in [-0.3, -0.25) is 0 Å². The highest BCUT2D eigenvalue weighted by Gasteiger charge is 2.47. The molecule has 4 aliphatic carbocycles. The zero-order chi connectivity index (χ0) is 47.1. The molecule has 9 aromatic carbocycles. The fourth-order valence-electron chi connectivity index (χ4n) is 13.5. The summed E-state index contributed by atoms with van der Waals surface area (Å²) in [5.74, 6) is 0. The van der Waals surface area contributed by atoms with Gasteiger partial charge in [-0.2, -0.15) is 0 Å². The SMILES string of the molecule is Cc1ccc(N(c2ccc(N(c3ccc(C)cc3)c3cc4c5c(c3)C(C)(C)c3cccc6c(C)cc(c-5c36)C4(C)C)cc2)c2cc3c4c(c2)C(C)(C)c2cccc5c(C)cc(c-4c25)C3(C)C)cc1. The van der Waals surface area contributed by atoms with E-state index >= 15 is 0 Å². The average Bonchev–Trinajstić information content (AvgIpc) is 3.68. The van der Waals surface area contributed by atoms with Gasteiger partial charge < -0.3 is 9.80 Å². The first-order chi connectivity index (χ1) is 32.4. The number of hydrogen-bond donors (Lipinski definition) is 0. The summed E-state index contributed by atoms with van der Waals surface area (Å²) in [5, 5.41) is 5.66. The molecule has 0 fully saturated rings. The summed E-state index contributed by atoms with van der Waals surface area (Å²) in [4.78, 5) is 4.99. The molecule has 4 aliphatic rings. The van der Waals surface area contributed by atoms with Crippen LogP contribution in [0, 0.1) is 27.7 Å². The predicted octanol–water partition coefficient (Wildman–Crippen LogP) is 18.1. The van der Waals surface area contributed by atoms with Crippen molar-refractivity contribution in [1.82, 2.24) is 0 Å². The van der Waals surface area contributed by atoms with Crippen LogP contribution >= 0.6 is 0 Å². The van der Waals surface area contributed by atoms with E-state index in [1.54, 1.807) is 0 Å². The Bertz CT molecular complexity index is 3440. The van der Waals surface area contributed by atoms with Crippen molar-refractivity contribution < 1.29 is 0 Å². The topological polar surface area (TPSA) is 6.48 Å². The third kappa shape index (κ3) is 5.24. The van der Waals surface area contributed by atoms with Crippen molar-refractivity contribution in [2.75, 3.05) is 9.80 Å². The molecule has 0 N–H and O–H groups in total. The highest BCUT2D eigenvalue weighted by molar-refractivity contribution is 6.11. The maximum absolute atomic E-state index is 2.52. The summed E-state index contributed by atoms with van der Waals surface area (Å²) in [6.07, 6.45) is 0. The lowest BCUT2D eigenvalue weighted by Gasteiger charge is -2.37. The molecule has 0 bridgehead atoms. The van der Waals surface area contributed by atoms with Gasteiger partial charge in [0.05, 0.1) is 0 Å². The zero-order valence-electron chi connectivity index (χ0n) is 41.8. The van der Waals surface area contributed by atoms with Crippen LogP contribution in [-0.2, 0) is 21.7 Å². The number of aryl methyl sites for hydroxylation is 4. The molecule has 0 aromatic heterocycles. The van der Waals surface area contributed by atoms with E-state index in [0.717, 1.165) is 22.7 Å².